The molecule has 22 heavy (non-hydrogen) atoms. The van der Waals surface area contributed by atoms with E-state index in [1.165, 1.54) is 16.7 Å². The van der Waals surface area contributed by atoms with Gasteiger partial charge in [0.15, 0.2) is 0 Å². The highest BCUT2D eigenvalue weighted by molar-refractivity contribution is 6.12. The number of hydrogen-bond donors (Lipinski definition) is 2. The minimum Gasteiger partial charge on any atom is -0.386 e. The van der Waals surface area contributed by atoms with Crippen LogP contribution in [0.5, 0.6) is 0 Å². The number of rotatable bonds is 5. The first kappa shape index (κ1) is 16.1. The zero-order valence-electron chi connectivity index (χ0n) is 13.7. The van der Waals surface area contributed by atoms with Crippen molar-refractivity contribution in [1.29, 1.82) is 0 Å². The Balaban J connectivity index is 2.08. The molecule has 0 saturated heterocycles. The number of hydrogen-bond acceptors (Lipinski definition) is 3. The third-order valence-electron chi connectivity index (χ3n) is 3.56. The van der Waals surface area contributed by atoms with Crippen LogP contribution in [-0.4, -0.2) is 18.8 Å². The predicted molar refractivity (Wildman–Crippen MR) is 95.7 cm³/mol. The molecule has 0 saturated carbocycles. The summed E-state index contributed by atoms with van der Waals surface area (Å²) in [6.45, 7) is 7.96. The van der Waals surface area contributed by atoms with Gasteiger partial charge in [0.1, 0.15) is 0 Å². The van der Waals surface area contributed by atoms with Crippen LogP contribution in [0.15, 0.2) is 76.3 Å². The molecule has 0 amide bonds. The zero-order valence-corrected chi connectivity index (χ0v) is 13.7. The van der Waals surface area contributed by atoms with Crippen LogP contribution in [0.4, 0.5) is 0 Å². The fourth-order valence-electron chi connectivity index (χ4n) is 2.34. The number of dihydropyridines is 1. The Kier molecular flexibility index (Phi) is 6.01. The topological polar surface area (TPSA) is 36.4 Å². The van der Waals surface area contributed by atoms with Crippen LogP contribution in [0.3, 0.4) is 0 Å². The van der Waals surface area contributed by atoms with Crippen molar-refractivity contribution in [1.82, 2.24) is 10.6 Å². The van der Waals surface area contributed by atoms with Gasteiger partial charge in [-0.1, -0.05) is 37.3 Å². The van der Waals surface area contributed by atoms with Crippen molar-refractivity contribution in [3.8, 4) is 0 Å². The summed E-state index contributed by atoms with van der Waals surface area (Å²) in [7, 11) is 0. The lowest BCUT2D eigenvalue weighted by atomic mass is 9.99. The molecular formula is C19H25N3. The van der Waals surface area contributed by atoms with E-state index in [9.17, 15) is 0 Å². The molecule has 3 heteroatoms. The van der Waals surface area contributed by atoms with Crippen LogP contribution in [0.25, 0.3) is 0 Å². The molecule has 1 aliphatic carbocycles. The normalized spacial score (nSPS) is 21.7. The van der Waals surface area contributed by atoms with Gasteiger partial charge in [0.05, 0.1) is 11.4 Å². The summed E-state index contributed by atoms with van der Waals surface area (Å²) in [5, 5.41) is 6.72. The molecule has 1 aliphatic heterocycles. The SMILES string of the molecule is C\C=C/N=C1\C=C(CNC2=CNCC=C2C)C=C\C1=C/CC. The molecule has 3 nitrogen and oxygen atoms in total. The van der Waals surface area contributed by atoms with Crippen molar-refractivity contribution in [2.45, 2.75) is 27.2 Å². The third-order valence-corrected chi connectivity index (χ3v) is 3.56. The van der Waals surface area contributed by atoms with Gasteiger partial charge in [-0.3, -0.25) is 4.99 Å². The summed E-state index contributed by atoms with van der Waals surface area (Å²) in [6.07, 6.45) is 17.7. The van der Waals surface area contributed by atoms with E-state index in [-0.39, 0.29) is 0 Å². The average Bonchev–Trinajstić information content (AvgIpc) is 2.54. The average molecular weight is 295 g/mol. The van der Waals surface area contributed by atoms with Gasteiger partial charge in [-0.15, -0.1) is 0 Å². The monoisotopic (exact) mass is 295 g/mol. The van der Waals surface area contributed by atoms with Gasteiger partial charge < -0.3 is 10.6 Å². The number of allylic oxidation sites excluding steroid dienone is 6. The van der Waals surface area contributed by atoms with Gasteiger partial charge in [0.2, 0.25) is 0 Å². The van der Waals surface area contributed by atoms with Crippen molar-refractivity contribution in [3.05, 3.63) is 71.3 Å². The molecule has 0 spiro atoms. The van der Waals surface area contributed by atoms with Crippen LogP contribution in [-0.2, 0) is 0 Å². The highest BCUT2D eigenvalue weighted by Crippen LogP contribution is 2.16. The Hall–Kier alpha value is -2.29. The molecule has 2 aliphatic rings. The molecule has 116 valence electrons. The van der Waals surface area contributed by atoms with E-state index in [4.69, 9.17) is 0 Å². The smallest absolute Gasteiger partial charge is 0.0701 e. The molecule has 0 radical (unpaired) electrons. The van der Waals surface area contributed by atoms with Crippen LogP contribution in [0, 0.1) is 0 Å². The van der Waals surface area contributed by atoms with Crippen molar-refractivity contribution < 1.29 is 0 Å². The van der Waals surface area contributed by atoms with E-state index in [1.807, 2.05) is 25.4 Å². The van der Waals surface area contributed by atoms with E-state index < -0.39 is 0 Å². The summed E-state index contributed by atoms with van der Waals surface area (Å²) in [5.74, 6) is 0. The Labute approximate surface area is 133 Å². The van der Waals surface area contributed by atoms with Crippen molar-refractivity contribution in [2.24, 2.45) is 4.99 Å². The van der Waals surface area contributed by atoms with E-state index in [1.54, 1.807) is 0 Å². The number of nitrogens with one attached hydrogen (secondary N) is 2. The molecule has 0 bridgehead atoms. The molecular weight excluding hydrogens is 270 g/mol. The third kappa shape index (κ3) is 4.35. The standard InChI is InChI=1S/C19H25N3/c1-4-6-17-8-7-16(12-18(17)21-10-5-2)13-22-19-14-20-11-9-15(19)3/h5-10,12,14,20,22H,4,11,13H2,1-3H3/b10-5-,17-6+,21-18+. The first-order valence-electron chi connectivity index (χ1n) is 7.87. The van der Waals surface area contributed by atoms with Crippen LogP contribution in [0.2, 0.25) is 0 Å². The Bertz CT molecular complexity index is 611. The van der Waals surface area contributed by atoms with E-state index in [0.717, 1.165) is 30.9 Å². The minimum atomic E-state index is 0.795. The maximum atomic E-state index is 4.54. The van der Waals surface area contributed by atoms with Crippen molar-refractivity contribution in [2.75, 3.05) is 13.1 Å². The maximum absolute atomic E-state index is 4.54. The number of aliphatic imine (C=N–C) groups is 1. The van der Waals surface area contributed by atoms with Crippen LogP contribution in [0.1, 0.15) is 27.2 Å². The first-order chi connectivity index (χ1) is 10.7. The van der Waals surface area contributed by atoms with Gasteiger partial charge in [-0.05, 0) is 43.1 Å². The van der Waals surface area contributed by atoms with Gasteiger partial charge in [0.25, 0.3) is 0 Å². The molecule has 0 aromatic heterocycles. The number of nitrogens with zero attached hydrogens (tertiary/aromatic N) is 1. The summed E-state index contributed by atoms with van der Waals surface area (Å²) >= 11 is 0. The fourth-order valence-corrected chi connectivity index (χ4v) is 2.34. The van der Waals surface area contributed by atoms with Gasteiger partial charge in [-0.25, -0.2) is 0 Å². The molecule has 1 heterocycles. The predicted octanol–water partition coefficient (Wildman–Crippen LogP) is 3.77. The van der Waals surface area contributed by atoms with E-state index >= 15 is 0 Å². The zero-order chi connectivity index (χ0) is 15.8. The second-order valence-electron chi connectivity index (χ2n) is 5.32. The van der Waals surface area contributed by atoms with Gasteiger partial charge in [0, 0.05) is 25.5 Å². The Morgan fingerprint density at radius 1 is 1.36 bits per heavy atom. The minimum absolute atomic E-state index is 0.795. The van der Waals surface area contributed by atoms with Gasteiger partial charge >= 0.3 is 0 Å². The molecule has 0 fully saturated rings. The van der Waals surface area contributed by atoms with E-state index in [2.05, 4.69) is 59.9 Å². The Morgan fingerprint density at radius 2 is 2.23 bits per heavy atom. The largest absolute Gasteiger partial charge is 0.386 e. The lowest BCUT2D eigenvalue weighted by Crippen LogP contribution is -2.24. The molecule has 0 aromatic carbocycles. The molecule has 0 atom stereocenters. The maximum Gasteiger partial charge on any atom is 0.0701 e. The quantitative estimate of drug-likeness (QED) is 0.810. The summed E-state index contributed by atoms with van der Waals surface area (Å²) < 4.78 is 0. The van der Waals surface area contributed by atoms with Crippen molar-refractivity contribution >= 4 is 5.71 Å². The lowest BCUT2D eigenvalue weighted by Gasteiger charge is -2.18. The lowest BCUT2D eigenvalue weighted by molar-refractivity contribution is 0.831. The van der Waals surface area contributed by atoms with E-state index in [0.29, 0.717) is 0 Å². The molecule has 0 aromatic rings. The first-order valence-corrected chi connectivity index (χ1v) is 7.87. The van der Waals surface area contributed by atoms with Gasteiger partial charge in [-0.2, -0.15) is 0 Å². The fraction of sp³-hybridized carbons (Fsp3) is 0.316. The van der Waals surface area contributed by atoms with Crippen LogP contribution < -0.4 is 10.6 Å². The molecule has 2 rings (SSSR count). The van der Waals surface area contributed by atoms with Crippen molar-refractivity contribution in [3.63, 3.8) is 0 Å². The second-order valence-corrected chi connectivity index (χ2v) is 5.32. The second kappa shape index (κ2) is 8.23. The molecule has 2 N–H and O–H groups in total. The van der Waals surface area contributed by atoms with Crippen LogP contribution >= 0.6 is 0 Å². The summed E-state index contributed by atoms with van der Waals surface area (Å²) in [4.78, 5) is 4.54. The Morgan fingerprint density at radius 3 is 2.95 bits per heavy atom. The summed E-state index contributed by atoms with van der Waals surface area (Å²) in [5.41, 5.74) is 5.90. The highest BCUT2D eigenvalue weighted by atomic mass is 14.9. The highest BCUT2D eigenvalue weighted by Gasteiger charge is 2.09. The summed E-state index contributed by atoms with van der Waals surface area (Å²) in [6, 6.07) is 0. The molecule has 0 unspecified atom stereocenters.